The van der Waals surface area contributed by atoms with Gasteiger partial charge in [0, 0.05) is 30.8 Å². The number of hydrogen-bond donors (Lipinski definition) is 4. The molecule has 1 aromatic carbocycles. The second-order valence-electron chi connectivity index (χ2n) is 4.43. The number of carbonyl (C=O) groups excluding carboxylic acids is 1. The molecule has 1 aromatic rings. The molecule has 6 nitrogen and oxygen atoms in total. The molecule has 0 spiro atoms. The third kappa shape index (κ3) is 3.03. The van der Waals surface area contributed by atoms with E-state index >= 15 is 0 Å². The number of aliphatic carboxylic acids is 1. The highest BCUT2D eigenvalue weighted by molar-refractivity contribution is 5.97. The highest BCUT2D eigenvalue weighted by atomic mass is 16.4. The number of carbonyl (C=O) groups is 2. The molecule has 1 aliphatic rings. The lowest BCUT2D eigenvalue weighted by Crippen LogP contribution is -2.41. The van der Waals surface area contributed by atoms with E-state index in [4.69, 9.17) is 10.2 Å². The molecule has 1 aliphatic heterocycles. The smallest absolute Gasteiger partial charge is 0.326 e. The Balaban J connectivity index is 2.09. The van der Waals surface area contributed by atoms with Crippen LogP contribution in [-0.2, 0) is 11.2 Å². The lowest BCUT2D eigenvalue weighted by molar-refractivity contribution is -0.139. The number of hydrogen-bond acceptors (Lipinski definition) is 4. The van der Waals surface area contributed by atoms with Gasteiger partial charge in [0.15, 0.2) is 0 Å². The van der Waals surface area contributed by atoms with E-state index in [9.17, 15) is 9.59 Å². The fourth-order valence-electron chi connectivity index (χ4n) is 2.06. The van der Waals surface area contributed by atoms with Gasteiger partial charge in [-0.1, -0.05) is 6.07 Å². The number of rotatable bonds is 5. The van der Waals surface area contributed by atoms with E-state index in [1.807, 2.05) is 6.07 Å². The molecule has 1 heterocycles. The number of amides is 1. The number of aliphatic hydroxyl groups is 1. The second kappa shape index (κ2) is 5.71. The summed E-state index contributed by atoms with van der Waals surface area (Å²) in [6.45, 7) is 0.561. The van der Waals surface area contributed by atoms with Gasteiger partial charge in [-0.3, -0.25) is 4.79 Å². The molecular formula is C13H16N2O4. The minimum atomic E-state index is -1.15. The predicted molar refractivity (Wildman–Crippen MR) is 69.2 cm³/mol. The van der Waals surface area contributed by atoms with Gasteiger partial charge in [0.2, 0.25) is 0 Å². The van der Waals surface area contributed by atoms with Crippen molar-refractivity contribution in [3.63, 3.8) is 0 Å². The zero-order chi connectivity index (χ0) is 13.8. The van der Waals surface area contributed by atoms with Gasteiger partial charge in [-0.25, -0.2) is 4.79 Å². The summed E-state index contributed by atoms with van der Waals surface area (Å²) < 4.78 is 0. The van der Waals surface area contributed by atoms with Crippen molar-refractivity contribution in [2.45, 2.75) is 18.9 Å². The average molecular weight is 264 g/mol. The Morgan fingerprint density at radius 2 is 2.21 bits per heavy atom. The van der Waals surface area contributed by atoms with Crippen LogP contribution in [0.5, 0.6) is 0 Å². The number of benzene rings is 1. The molecule has 19 heavy (non-hydrogen) atoms. The minimum absolute atomic E-state index is 0.00966. The number of fused-ring (bicyclic) bond motifs is 1. The van der Waals surface area contributed by atoms with Gasteiger partial charge in [0.1, 0.15) is 6.04 Å². The lowest BCUT2D eigenvalue weighted by atomic mass is 10.1. The Kier molecular flexibility index (Phi) is 4.01. The van der Waals surface area contributed by atoms with Crippen LogP contribution in [0.3, 0.4) is 0 Å². The molecule has 6 heteroatoms. The van der Waals surface area contributed by atoms with Crippen molar-refractivity contribution in [2.24, 2.45) is 0 Å². The van der Waals surface area contributed by atoms with Crippen LogP contribution >= 0.6 is 0 Å². The van der Waals surface area contributed by atoms with E-state index in [0.717, 1.165) is 24.2 Å². The summed E-state index contributed by atoms with van der Waals surface area (Å²) in [4.78, 5) is 22.9. The van der Waals surface area contributed by atoms with Gasteiger partial charge in [-0.2, -0.15) is 0 Å². The van der Waals surface area contributed by atoms with Crippen LogP contribution in [0.2, 0.25) is 0 Å². The van der Waals surface area contributed by atoms with Crippen LogP contribution in [0, 0.1) is 0 Å². The summed E-state index contributed by atoms with van der Waals surface area (Å²) >= 11 is 0. The summed E-state index contributed by atoms with van der Waals surface area (Å²) in [6, 6.07) is 4.19. The summed E-state index contributed by atoms with van der Waals surface area (Å²) in [5, 5.41) is 23.2. The second-order valence-corrected chi connectivity index (χ2v) is 4.43. The van der Waals surface area contributed by atoms with Crippen molar-refractivity contribution < 1.29 is 19.8 Å². The monoisotopic (exact) mass is 264 g/mol. The van der Waals surface area contributed by atoms with Crippen molar-refractivity contribution >= 4 is 17.6 Å². The molecule has 102 valence electrons. The fourth-order valence-corrected chi connectivity index (χ4v) is 2.06. The molecule has 0 saturated carbocycles. The SMILES string of the molecule is O=C(N[C@H](CCO)C(=O)O)c1ccc2c(c1)NCC2. The Morgan fingerprint density at radius 3 is 2.89 bits per heavy atom. The third-order valence-corrected chi connectivity index (χ3v) is 3.10. The van der Waals surface area contributed by atoms with Gasteiger partial charge >= 0.3 is 5.97 Å². The first kappa shape index (κ1) is 13.4. The van der Waals surface area contributed by atoms with Gasteiger partial charge in [0.05, 0.1) is 0 Å². The van der Waals surface area contributed by atoms with Crippen LogP contribution in [0.25, 0.3) is 0 Å². The molecule has 1 amide bonds. The van der Waals surface area contributed by atoms with Gasteiger partial charge in [-0.05, 0) is 24.1 Å². The average Bonchev–Trinajstić information content (AvgIpc) is 2.85. The van der Waals surface area contributed by atoms with Crippen molar-refractivity contribution in [3.8, 4) is 0 Å². The topological polar surface area (TPSA) is 98.7 Å². The maximum Gasteiger partial charge on any atom is 0.326 e. The van der Waals surface area contributed by atoms with Crippen molar-refractivity contribution in [3.05, 3.63) is 29.3 Å². The van der Waals surface area contributed by atoms with Crippen LogP contribution in [0.15, 0.2) is 18.2 Å². The first-order valence-electron chi connectivity index (χ1n) is 6.13. The summed E-state index contributed by atoms with van der Waals surface area (Å²) in [7, 11) is 0. The van der Waals surface area contributed by atoms with E-state index in [0.29, 0.717) is 5.56 Å². The first-order chi connectivity index (χ1) is 9.11. The van der Waals surface area contributed by atoms with E-state index in [1.165, 1.54) is 0 Å². The van der Waals surface area contributed by atoms with Crippen molar-refractivity contribution in [1.82, 2.24) is 5.32 Å². The summed E-state index contributed by atoms with van der Waals surface area (Å²) in [5.41, 5.74) is 2.49. The Bertz CT molecular complexity index is 501. The molecule has 0 bridgehead atoms. The van der Waals surface area contributed by atoms with Crippen LogP contribution in [0.1, 0.15) is 22.3 Å². The highest BCUT2D eigenvalue weighted by Gasteiger charge is 2.21. The van der Waals surface area contributed by atoms with Crippen molar-refractivity contribution in [1.29, 1.82) is 0 Å². The quantitative estimate of drug-likeness (QED) is 0.610. The normalized spacial score (nSPS) is 14.4. The number of carboxylic acids is 1. The lowest BCUT2D eigenvalue weighted by Gasteiger charge is -2.13. The molecule has 0 aliphatic carbocycles. The zero-order valence-electron chi connectivity index (χ0n) is 10.3. The molecule has 0 saturated heterocycles. The molecule has 0 fully saturated rings. The summed E-state index contributed by atoms with van der Waals surface area (Å²) in [5.74, 6) is -1.60. The Hall–Kier alpha value is -2.08. The maximum atomic E-state index is 12.0. The molecule has 1 atom stereocenters. The molecule has 4 N–H and O–H groups in total. The standard InChI is InChI=1S/C13H16N2O4/c16-6-4-10(13(18)19)15-12(17)9-2-1-8-3-5-14-11(8)7-9/h1-2,7,10,14,16H,3-6H2,(H,15,17)(H,18,19)/t10-/m1/s1. The minimum Gasteiger partial charge on any atom is -0.480 e. The third-order valence-electron chi connectivity index (χ3n) is 3.10. The van der Waals surface area contributed by atoms with E-state index < -0.39 is 17.9 Å². The van der Waals surface area contributed by atoms with Gasteiger partial charge in [0.25, 0.3) is 5.91 Å². The van der Waals surface area contributed by atoms with Crippen LogP contribution in [0.4, 0.5) is 5.69 Å². The predicted octanol–water partition coefficient (Wildman–Crippen LogP) is 0.220. The largest absolute Gasteiger partial charge is 0.480 e. The number of aliphatic hydroxyl groups excluding tert-OH is 1. The number of carboxylic acid groups (broad SMARTS) is 1. The van der Waals surface area contributed by atoms with Crippen LogP contribution < -0.4 is 10.6 Å². The zero-order valence-corrected chi connectivity index (χ0v) is 10.3. The first-order valence-corrected chi connectivity index (χ1v) is 6.13. The molecule has 0 unspecified atom stereocenters. The van der Waals surface area contributed by atoms with Gasteiger partial charge < -0.3 is 20.8 Å². The molecule has 0 aromatic heterocycles. The van der Waals surface area contributed by atoms with Gasteiger partial charge in [-0.15, -0.1) is 0 Å². The fraction of sp³-hybridized carbons (Fsp3) is 0.385. The Labute approximate surface area is 110 Å². The molecular weight excluding hydrogens is 248 g/mol. The molecule has 0 radical (unpaired) electrons. The van der Waals surface area contributed by atoms with E-state index in [-0.39, 0.29) is 13.0 Å². The number of nitrogens with one attached hydrogen (secondary N) is 2. The molecule has 2 rings (SSSR count). The number of anilines is 1. The highest BCUT2D eigenvalue weighted by Crippen LogP contribution is 2.23. The maximum absolute atomic E-state index is 12.0. The van der Waals surface area contributed by atoms with E-state index in [1.54, 1.807) is 12.1 Å². The Morgan fingerprint density at radius 1 is 1.42 bits per heavy atom. The van der Waals surface area contributed by atoms with Crippen LogP contribution in [-0.4, -0.2) is 41.3 Å². The van der Waals surface area contributed by atoms with E-state index in [2.05, 4.69) is 10.6 Å². The van der Waals surface area contributed by atoms with Crippen molar-refractivity contribution in [2.75, 3.05) is 18.5 Å². The summed E-state index contributed by atoms with van der Waals surface area (Å²) in [6.07, 6.45) is 0.920.